The van der Waals surface area contributed by atoms with Gasteiger partial charge >= 0.3 is 19.3 Å². The molecule has 0 aliphatic carbocycles. The summed E-state index contributed by atoms with van der Waals surface area (Å²) in [6.45, 7) is 2.49. The van der Waals surface area contributed by atoms with Crippen LogP contribution >= 0.6 is 7.60 Å². The number of carbonyl (C=O) groups is 1. The van der Waals surface area contributed by atoms with Crippen LogP contribution < -0.4 is 0 Å². The van der Waals surface area contributed by atoms with Gasteiger partial charge in [0.15, 0.2) is 0 Å². The molecule has 2 atom stereocenters. The molecular weight excluding hydrogens is 557 g/mol. The second-order valence-corrected chi connectivity index (χ2v) is 13.3. The van der Waals surface area contributed by atoms with Gasteiger partial charge in [-0.1, -0.05) is 103 Å². The van der Waals surface area contributed by atoms with Gasteiger partial charge in [-0.3, -0.25) is 13.9 Å². The highest BCUT2D eigenvalue weighted by atomic mass is 31.2. The summed E-state index contributed by atoms with van der Waals surface area (Å²) in [7, 11) is 3.03. The molecule has 1 rings (SSSR count). The van der Waals surface area contributed by atoms with E-state index in [2.05, 4.69) is 6.92 Å². The molecule has 0 fully saturated rings. The summed E-state index contributed by atoms with van der Waals surface area (Å²) in [5.41, 5.74) is 0.657. The average molecular weight is 622 g/mol. The monoisotopic (exact) mass is 621 g/mol. The Bertz CT molecular complexity index is 718. The second kappa shape index (κ2) is 27.9. The molecule has 0 radical (unpaired) electrons. The number of unbranched alkanes of at least 4 members (excludes halogenated alkanes) is 15. The molecule has 0 aromatic heterocycles. The average Bonchev–Trinajstić information content (AvgIpc) is 3.18. The molecule has 1 aliphatic rings. The molecule has 1 heterocycles. The molecule has 0 amide bonds. The highest BCUT2D eigenvalue weighted by molar-refractivity contribution is 7.58. The van der Waals surface area contributed by atoms with Crippen molar-refractivity contribution in [2.24, 2.45) is 0 Å². The van der Waals surface area contributed by atoms with Crippen LogP contribution in [0.25, 0.3) is 0 Å². The van der Waals surface area contributed by atoms with Crippen molar-refractivity contribution in [3.05, 3.63) is 11.1 Å². The van der Waals surface area contributed by atoms with E-state index in [9.17, 15) is 14.5 Å². The molecule has 1 aliphatic heterocycles. The maximum atomic E-state index is 13.3. The van der Waals surface area contributed by atoms with Crippen LogP contribution in [-0.2, 0) is 23.1 Å². The van der Waals surface area contributed by atoms with E-state index in [-0.39, 0.29) is 51.6 Å². The van der Waals surface area contributed by atoms with Crippen LogP contribution in [0.15, 0.2) is 11.1 Å². The Balaban J connectivity index is -0.000000206. The predicted octanol–water partition coefficient (Wildman–Crippen LogP) is 7.24. The first-order chi connectivity index (χ1) is 17.1. The van der Waals surface area contributed by atoms with Gasteiger partial charge in [0.25, 0.3) is 0 Å². The summed E-state index contributed by atoms with van der Waals surface area (Å²) in [5, 5.41) is 10.2. The number of ether oxygens (including phenoxy) is 1. The van der Waals surface area contributed by atoms with Gasteiger partial charge in [-0.05, 0) is 18.4 Å². The lowest BCUT2D eigenvalue weighted by atomic mass is 10.0. The third kappa shape index (κ3) is 23.2. The van der Waals surface area contributed by atoms with Crippen LogP contribution in [0, 0.1) is 0 Å². The molecule has 0 bridgehead atoms. The van der Waals surface area contributed by atoms with E-state index in [4.69, 9.17) is 13.8 Å². The zero-order chi connectivity index (χ0) is 26.9. The number of hydrogen-bond donors (Lipinski definition) is 1. The van der Waals surface area contributed by atoms with Gasteiger partial charge < -0.3 is 46.2 Å². The summed E-state index contributed by atoms with van der Waals surface area (Å²) in [6.07, 6.45) is 20.2. The molecule has 41 heavy (non-hydrogen) atoms. The largest absolute Gasteiger partial charge is 1.00 e. The van der Waals surface area contributed by atoms with Crippen molar-refractivity contribution in [3.8, 4) is 0 Å². The number of quaternary nitrogens is 1. The van der Waals surface area contributed by atoms with Crippen LogP contribution in [0.4, 0.5) is 0 Å². The standard InChI is InChI=1S/C28H55NO6P.5H2O/c1-6-7-8-9-10-11-12-13-14-15-16-17-18-19-20-21-22-25-23-26(30)34-28(25)36(32,33-5)35-27(31)24-29(2,3)4;;;;;/h27,31H,6-24H2,1-5H3;5*1H2/q+1;;;;;/p-1. The number of aliphatic hydroxyl groups excluding tert-OH is 1. The summed E-state index contributed by atoms with van der Waals surface area (Å²) in [6, 6.07) is 0. The van der Waals surface area contributed by atoms with Gasteiger partial charge in [0.2, 0.25) is 11.8 Å². The van der Waals surface area contributed by atoms with Crippen molar-refractivity contribution in [2.75, 3.05) is 34.8 Å². The zero-order valence-electron chi connectivity index (χ0n) is 30.1. The third-order valence-electron chi connectivity index (χ3n) is 6.66. The third-order valence-corrected chi connectivity index (χ3v) is 8.56. The van der Waals surface area contributed by atoms with Gasteiger partial charge in [0.05, 0.1) is 27.6 Å². The van der Waals surface area contributed by atoms with E-state index in [0.717, 1.165) is 19.3 Å². The van der Waals surface area contributed by atoms with Gasteiger partial charge in [0.1, 0.15) is 6.54 Å². The number of hydrogen-bond acceptors (Lipinski definition) is 11. The fraction of sp³-hybridized carbons (Fsp3) is 0.893. The Morgan fingerprint density at radius 3 is 1.56 bits per heavy atom. The molecule has 2 unspecified atom stereocenters. The SMILES string of the molecule is CCCCCCCCCCCCCCCCCCC1=C(P(=O)(OC)OC(O)C[N+](C)(C)C)OC(=O)C1.[H+].[H+].[H+].[H+].[OH-].[OH-].[OH-].[OH-].[OH-]. The van der Waals surface area contributed by atoms with Crippen molar-refractivity contribution in [1.29, 1.82) is 0 Å². The van der Waals surface area contributed by atoms with Crippen molar-refractivity contribution in [1.82, 2.24) is 0 Å². The molecule has 0 saturated carbocycles. The first kappa shape index (κ1) is 49.7. The predicted molar refractivity (Wildman–Crippen MR) is 161 cm³/mol. The second-order valence-electron chi connectivity index (χ2n) is 11.3. The number of nitrogens with zero attached hydrogens (tertiary/aromatic N) is 1. The minimum Gasteiger partial charge on any atom is -0.870 e. The topological polar surface area (TPSA) is 232 Å². The van der Waals surface area contributed by atoms with Crippen LogP contribution in [0.2, 0.25) is 0 Å². The smallest absolute Gasteiger partial charge is 0.870 e. The summed E-state index contributed by atoms with van der Waals surface area (Å²) < 4.78 is 29.5. The van der Waals surface area contributed by atoms with Crippen molar-refractivity contribution in [3.63, 3.8) is 0 Å². The van der Waals surface area contributed by atoms with E-state index < -0.39 is 19.9 Å². The first-order valence-electron chi connectivity index (χ1n) is 14.4. The fourth-order valence-electron chi connectivity index (χ4n) is 4.63. The lowest BCUT2D eigenvalue weighted by Crippen LogP contribution is -2.42. The Kier molecular flexibility index (Phi) is 33.8. The van der Waals surface area contributed by atoms with Gasteiger partial charge in [0, 0.05) is 7.11 Å². The lowest BCUT2D eigenvalue weighted by molar-refractivity contribution is -0.876. The van der Waals surface area contributed by atoms with E-state index in [0.29, 0.717) is 16.5 Å². The van der Waals surface area contributed by atoms with Crippen molar-refractivity contribution >= 4 is 13.6 Å². The van der Waals surface area contributed by atoms with Crippen LogP contribution in [0.1, 0.15) is 128 Å². The van der Waals surface area contributed by atoms with Gasteiger partial charge in [-0.15, -0.1) is 0 Å². The zero-order valence-corrected chi connectivity index (χ0v) is 27.0. The van der Waals surface area contributed by atoms with E-state index >= 15 is 0 Å². The Labute approximate surface area is 254 Å². The fourth-order valence-corrected chi connectivity index (χ4v) is 6.16. The highest BCUT2D eigenvalue weighted by Gasteiger charge is 2.42. The molecule has 0 spiro atoms. The Morgan fingerprint density at radius 1 is 0.805 bits per heavy atom. The first-order valence-corrected chi connectivity index (χ1v) is 15.9. The summed E-state index contributed by atoms with van der Waals surface area (Å²) in [5.74, 6) is -0.446. The summed E-state index contributed by atoms with van der Waals surface area (Å²) >= 11 is 0. The number of aliphatic hydroxyl groups is 1. The minimum atomic E-state index is -3.90. The number of cyclic esters (lactones) is 1. The van der Waals surface area contributed by atoms with Crippen molar-refractivity contribution < 1.29 is 65.8 Å². The Morgan fingerprint density at radius 2 is 1.20 bits per heavy atom. The quantitative estimate of drug-likeness (QED) is 0.0392. The normalized spacial score (nSPS) is 14.8. The molecule has 252 valence electrons. The minimum absolute atomic E-state index is 0. The Hall–Kier alpha value is -0.920. The number of esters is 1. The number of likely N-dealkylation sites (N-methyl/N-ethyl adjacent to an activating group) is 1. The molecule has 0 aromatic rings. The number of rotatable bonds is 23. The van der Waals surface area contributed by atoms with Crippen LogP contribution in [0.3, 0.4) is 0 Å². The molecule has 6 N–H and O–H groups in total. The molecular formula is C28H64NO11P. The van der Waals surface area contributed by atoms with Crippen LogP contribution in [-0.4, -0.2) is 84.0 Å². The highest BCUT2D eigenvalue weighted by Crippen LogP contribution is 2.60. The van der Waals surface area contributed by atoms with E-state index in [1.165, 1.54) is 90.6 Å². The number of carbonyl (C=O) groups excluding carboxylic acids is 1. The van der Waals surface area contributed by atoms with E-state index in [1.54, 1.807) is 0 Å². The maximum Gasteiger partial charge on any atom is 1.00 e. The lowest BCUT2D eigenvalue weighted by Gasteiger charge is -2.28. The van der Waals surface area contributed by atoms with Gasteiger partial charge in [-0.25, -0.2) is 0 Å². The molecule has 13 heteroatoms. The van der Waals surface area contributed by atoms with Crippen molar-refractivity contribution in [2.45, 2.75) is 129 Å². The summed E-state index contributed by atoms with van der Waals surface area (Å²) in [4.78, 5) is 12.0. The van der Waals surface area contributed by atoms with E-state index in [1.807, 2.05) is 21.1 Å². The maximum absolute atomic E-state index is 13.3. The van der Waals surface area contributed by atoms with Gasteiger partial charge in [-0.2, -0.15) is 0 Å². The molecule has 12 nitrogen and oxygen atoms in total. The molecule has 0 saturated heterocycles. The molecule has 0 aromatic carbocycles. The van der Waals surface area contributed by atoms with Crippen LogP contribution in [0.5, 0.6) is 0 Å².